The number of hydrogen-bond acceptors (Lipinski definition) is 0. The maximum absolute atomic E-state index is 0. The van der Waals surface area contributed by atoms with Gasteiger partial charge in [0.1, 0.15) is 0 Å². The van der Waals surface area contributed by atoms with Crippen molar-refractivity contribution in [1.82, 2.24) is 0 Å². The molecule has 0 saturated carbocycles. The van der Waals surface area contributed by atoms with E-state index in [1.165, 1.54) is 0 Å². The quantitative estimate of drug-likeness (QED) is 0.447. The van der Waals surface area contributed by atoms with Crippen LogP contribution in [0, 0.1) is 0 Å². The van der Waals surface area contributed by atoms with Crippen molar-refractivity contribution in [1.29, 1.82) is 0 Å². The van der Waals surface area contributed by atoms with E-state index in [1.54, 1.807) is 0 Å². The third kappa shape index (κ3) is 30.1. The molecule has 6 heavy (non-hydrogen) atoms. The van der Waals surface area contributed by atoms with E-state index in [4.69, 9.17) is 0 Å². The molecule has 0 radical (unpaired) electrons. The van der Waals surface area contributed by atoms with Gasteiger partial charge in [-0.05, 0) is 0 Å². The van der Waals surface area contributed by atoms with Crippen LogP contribution in [-0.2, 0) is 95.8 Å². The van der Waals surface area contributed by atoms with Gasteiger partial charge >= 0.3 is 84.8 Å². The van der Waals surface area contributed by atoms with E-state index in [1.807, 2.05) is 0 Å². The molecule has 0 fully saturated rings. The Bertz CT molecular complexity index is 13.5. The average Bonchev–Trinajstić information content (AvgIpc) is 0. The predicted octanol–water partition coefficient (Wildman–Crippen LogP) is -0.248. The smallest absolute Gasteiger partial charge is 2.00 e. The number of hydrogen-bond donors (Lipinski definition) is 0. The summed E-state index contributed by atoms with van der Waals surface area (Å²) in [4.78, 5) is 0. The van der Waals surface area contributed by atoms with Crippen molar-refractivity contribution in [3.05, 3.63) is 0 Å². The molecule has 0 unspecified atom stereocenters. The van der Waals surface area contributed by atoms with Gasteiger partial charge in [0, 0.05) is 0 Å². The Hall–Kier alpha value is 2.67. The molecule has 6 heteroatoms. The summed E-state index contributed by atoms with van der Waals surface area (Å²) in [6.07, 6.45) is 0. The normalized spacial score (nSPS) is 0. The minimum Gasteiger partial charge on any atom is -2.00 e. The van der Waals surface area contributed by atoms with Gasteiger partial charge in [-0.25, -0.2) is 0 Å². The van der Waals surface area contributed by atoms with Crippen molar-refractivity contribution in [2.45, 2.75) is 0 Å². The fourth-order valence-electron chi connectivity index (χ4n) is 0. The summed E-state index contributed by atoms with van der Waals surface area (Å²) in [6, 6.07) is 0. The second-order valence-electron chi connectivity index (χ2n) is 0. The zero-order valence-corrected chi connectivity index (χ0v) is 10.8. The summed E-state index contributed by atoms with van der Waals surface area (Å²) in [6.45, 7) is 0. The van der Waals surface area contributed by atoms with E-state index in [9.17, 15) is 0 Å². The maximum atomic E-state index is 0. The third-order valence-electron chi connectivity index (χ3n) is 0. The van der Waals surface area contributed by atoms with Gasteiger partial charge in [0.2, 0.25) is 0 Å². The summed E-state index contributed by atoms with van der Waals surface area (Å²) >= 11 is 0. The molecule has 0 bridgehead atoms. The van der Waals surface area contributed by atoms with E-state index < -0.39 is 0 Å². The summed E-state index contributed by atoms with van der Waals surface area (Å²) in [7, 11) is 0. The zero-order valence-electron chi connectivity index (χ0n) is 2.45. The SMILES string of the molecule is [Mo+4].[Ni+2].[O-2].[O-2].[W+4].[Zr+4]. The third-order valence-corrected chi connectivity index (χ3v) is 0. The summed E-state index contributed by atoms with van der Waals surface area (Å²) in [5.41, 5.74) is 0. The second kappa shape index (κ2) is 47.8. The summed E-state index contributed by atoms with van der Waals surface area (Å²) in [5.74, 6) is 0. The molecule has 0 aliphatic carbocycles. The molecule has 0 aromatic heterocycles. The second-order valence-corrected chi connectivity index (χ2v) is 0. The summed E-state index contributed by atoms with van der Waals surface area (Å²) < 4.78 is 0. The van der Waals surface area contributed by atoms with Crippen LogP contribution in [0.5, 0.6) is 0 Å². The molecule has 28 valence electrons. The van der Waals surface area contributed by atoms with Crippen LogP contribution in [0.25, 0.3) is 0 Å². The molecule has 2 nitrogen and oxygen atoms in total. The molecule has 0 rings (SSSR count). The fraction of sp³-hybridized carbons (Fsp3) is 0. The summed E-state index contributed by atoms with van der Waals surface area (Å²) in [5, 5.41) is 0. The van der Waals surface area contributed by atoms with Crippen LogP contribution in [-0.4, -0.2) is 0 Å². The molecule has 0 N–H and O–H groups in total. The molecule has 0 aliphatic heterocycles. The molecule has 0 spiro atoms. The van der Waals surface area contributed by atoms with Crippen LogP contribution < -0.4 is 0 Å². The van der Waals surface area contributed by atoms with Gasteiger partial charge in [-0.2, -0.15) is 0 Å². The van der Waals surface area contributed by atoms with Gasteiger partial charge in [-0.15, -0.1) is 0 Å². The van der Waals surface area contributed by atoms with Gasteiger partial charge in [0.15, 0.2) is 0 Å². The Morgan fingerprint density at radius 2 is 0.833 bits per heavy atom. The van der Waals surface area contributed by atoms with Crippen molar-refractivity contribution in [3.63, 3.8) is 0 Å². The Morgan fingerprint density at radius 1 is 0.833 bits per heavy atom. The van der Waals surface area contributed by atoms with Gasteiger partial charge in [0.05, 0.1) is 0 Å². The molecule has 0 aliphatic rings. The Balaban J connectivity index is 0. The van der Waals surface area contributed by atoms with E-state index >= 15 is 0 Å². The van der Waals surface area contributed by atoms with Crippen LogP contribution in [0.3, 0.4) is 0 Å². The molecular formula is MoNiO2WZr+10. The van der Waals surface area contributed by atoms with E-state index in [2.05, 4.69) is 0 Å². The van der Waals surface area contributed by atoms with Gasteiger partial charge in [0.25, 0.3) is 0 Å². The van der Waals surface area contributed by atoms with E-state index in [0.29, 0.717) is 0 Å². The van der Waals surface area contributed by atoms with Crippen molar-refractivity contribution < 1.29 is 95.8 Å². The molecule has 0 atom stereocenters. The van der Waals surface area contributed by atoms with Gasteiger partial charge in [-0.3, -0.25) is 0 Å². The first-order chi connectivity index (χ1) is 0. The molecule has 0 heterocycles. The standard InChI is InChI=1S/Mo.Ni.2O.W.Zr/q+4;+2;2*-2;2*+4. The minimum atomic E-state index is 0. The molecule has 0 aromatic rings. The predicted molar refractivity (Wildman–Crippen MR) is 1.37 cm³/mol. The average molecular weight is 462 g/mol. The van der Waals surface area contributed by atoms with Crippen LogP contribution in [0.2, 0.25) is 0 Å². The first kappa shape index (κ1) is 71.5. The Morgan fingerprint density at radius 3 is 0.833 bits per heavy atom. The first-order valence-corrected chi connectivity index (χ1v) is 0. The van der Waals surface area contributed by atoms with E-state index in [-0.39, 0.29) is 95.8 Å². The zero-order chi connectivity index (χ0) is 0. The maximum Gasteiger partial charge on any atom is 4.00 e. The van der Waals surface area contributed by atoms with E-state index in [0.717, 1.165) is 0 Å². The topological polar surface area (TPSA) is 57.0 Å². The van der Waals surface area contributed by atoms with Crippen LogP contribution >= 0.6 is 0 Å². The molecule has 0 amide bonds. The molecule has 0 aromatic carbocycles. The van der Waals surface area contributed by atoms with Crippen LogP contribution in [0.1, 0.15) is 0 Å². The Labute approximate surface area is 94.4 Å². The van der Waals surface area contributed by atoms with Gasteiger partial charge in [-0.1, -0.05) is 0 Å². The monoisotopic (exact) mass is 462 g/mol. The van der Waals surface area contributed by atoms with Crippen molar-refractivity contribution in [3.8, 4) is 0 Å². The number of rotatable bonds is 0. The largest absolute Gasteiger partial charge is 4.00 e. The molecular weight excluding hydrogens is 462 g/mol. The fourth-order valence-corrected chi connectivity index (χ4v) is 0. The molecule has 0 saturated heterocycles. The minimum absolute atomic E-state index is 0. The van der Waals surface area contributed by atoms with Crippen LogP contribution in [0.4, 0.5) is 0 Å². The van der Waals surface area contributed by atoms with Crippen molar-refractivity contribution in [2.75, 3.05) is 0 Å². The van der Waals surface area contributed by atoms with Crippen LogP contribution in [0.15, 0.2) is 0 Å². The first-order valence-electron chi connectivity index (χ1n) is 0. The van der Waals surface area contributed by atoms with Crippen molar-refractivity contribution >= 4 is 0 Å². The Kier molecular flexibility index (Phi) is 569. The van der Waals surface area contributed by atoms with Gasteiger partial charge < -0.3 is 11.0 Å². The van der Waals surface area contributed by atoms with Crippen molar-refractivity contribution in [2.24, 2.45) is 0 Å².